The van der Waals surface area contributed by atoms with Gasteiger partial charge in [0.05, 0.1) is 19.2 Å². The lowest BCUT2D eigenvalue weighted by Crippen LogP contribution is -2.31. The summed E-state index contributed by atoms with van der Waals surface area (Å²) < 4.78 is 18.5. The molecule has 1 aromatic rings. The topological polar surface area (TPSA) is 29.5 Å². The van der Waals surface area contributed by atoms with Crippen molar-refractivity contribution in [2.45, 2.75) is 33.1 Å². The number of hydrogen-bond acceptors (Lipinski definition) is 3. The molecule has 3 nitrogen and oxygen atoms in total. The van der Waals surface area contributed by atoms with Gasteiger partial charge in [-0.2, -0.15) is 0 Å². The fourth-order valence-corrected chi connectivity index (χ4v) is 2.82. The van der Waals surface area contributed by atoms with Gasteiger partial charge in [0.25, 0.3) is 0 Å². The maximum atomic E-state index is 13.4. The third-order valence-corrected chi connectivity index (χ3v) is 4.26. The van der Waals surface area contributed by atoms with Gasteiger partial charge in [-0.05, 0) is 56.0 Å². The van der Waals surface area contributed by atoms with Crippen molar-refractivity contribution in [2.75, 3.05) is 26.7 Å². The minimum absolute atomic E-state index is 0.0777. The number of ether oxygens (including phenoxy) is 1. The predicted octanol–water partition coefficient (Wildman–Crippen LogP) is 3.53. The van der Waals surface area contributed by atoms with Crippen molar-refractivity contribution in [3.8, 4) is 5.75 Å². The summed E-state index contributed by atoms with van der Waals surface area (Å²) in [5.41, 5.74) is 0.676. The summed E-state index contributed by atoms with van der Waals surface area (Å²) in [5, 5.41) is 0. The number of rotatable bonds is 4. The van der Waals surface area contributed by atoms with Crippen LogP contribution in [0.4, 0.5) is 4.39 Å². The molecule has 1 saturated heterocycles. The van der Waals surface area contributed by atoms with E-state index in [1.807, 2.05) is 0 Å². The summed E-state index contributed by atoms with van der Waals surface area (Å²) in [5.74, 6) is -0.0428. The van der Waals surface area contributed by atoms with E-state index in [9.17, 15) is 9.18 Å². The van der Waals surface area contributed by atoms with Crippen LogP contribution >= 0.6 is 0 Å². The maximum absolute atomic E-state index is 13.4. The minimum atomic E-state index is -0.406. The summed E-state index contributed by atoms with van der Waals surface area (Å²) in [6, 6.07) is 4.08. The van der Waals surface area contributed by atoms with Crippen LogP contribution in [0.15, 0.2) is 18.2 Å². The number of halogens is 1. The zero-order chi connectivity index (χ0) is 15.5. The van der Waals surface area contributed by atoms with E-state index < -0.39 is 5.82 Å². The molecule has 0 radical (unpaired) electrons. The van der Waals surface area contributed by atoms with E-state index in [1.165, 1.54) is 31.7 Å². The van der Waals surface area contributed by atoms with Gasteiger partial charge in [0.1, 0.15) is 11.6 Å². The third-order valence-electron chi connectivity index (χ3n) is 4.26. The summed E-state index contributed by atoms with van der Waals surface area (Å²) in [6.07, 6.45) is 3.36. The molecule has 21 heavy (non-hydrogen) atoms. The van der Waals surface area contributed by atoms with Crippen LogP contribution in [0.3, 0.4) is 0 Å². The van der Waals surface area contributed by atoms with E-state index in [1.54, 1.807) is 0 Å². The Morgan fingerprint density at radius 3 is 2.81 bits per heavy atom. The average Bonchev–Trinajstić information content (AvgIpc) is 2.60. The Hall–Kier alpha value is -1.42. The van der Waals surface area contributed by atoms with Crippen molar-refractivity contribution in [2.24, 2.45) is 5.41 Å². The Labute approximate surface area is 126 Å². The third kappa shape index (κ3) is 4.27. The number of ketones is 1. The zero-order valence-electron chi connectivity index (χ0n) is 13.1. The molecule has 1 fully saturated rings. The van der Waals surface area contributed by atoms with E-state index in [-0.39, 0.29) is 5.78 Å². The van der Waals surface area contributed by atoms with Gasteiger partial charge in [-0.25, -0.2) is 4.39 Å². The second-order valence-corrected chi connectivity index (χ2v) is 6.56. The molecule has 0 amide bonds. The lowest BCUT2D eigenvalue weighted by atomic mass is 9.85. The molecule has 0 N–H and O–H groups in total. The monoisotopic (exact) mass is 293 g/mol. The van der Waals surface area contributed by atoms with Gasteiger partial charge in [-0.3, -0.25) is 9.69 Å². The minimum Gasteiger partial charge on any atom is -0.496 e. The van der Waals surface area contributed by atoms with Crippen LogP contribution in [-0.2, 0) is 0 Å². The van der Waals surface area contributed by atoms with Crippen molar-refractivity contribution in [1.29, 1.82) is 0 Å². The molecule has 0 spiro atoms. The molecule has 0 bridgehead atoms. The maximum Gasteiger partial charge on any atom is 0.180 e. The van der Waals surface area contributed by atoms with Crippen molar-refractivity contribution >= 4 is 5.78 Å². The second kappa shape index (κ2) is 6.56. The van der Waals surface area contributed by atoms with Crippen LogP contribution in [0.2, 0.25) is 0 Å². The molecule has 1 aromatic carbocycles. The Kier molecular flexibility index (Phi) is 4.99. The number of likely N-dealkylation sites (tertiary alicyclic amines) is 1. The highest BCUT2D eigenvalue weighted by molar-refractivity contribution is 6.00. The number of carbonyl (C=O) groups excluding carboxylic acids is 1. The zero-order valence-corrected chi connectivity index (χ0v) is 13.1. The smallest absolute Gasteiger partial charge is 0.180 e. The first-order valence-electron chi connectivity index (χ1n) is 7.50. The molecule has 1 heterocycles. The lowest BCUT2D eigenvalue weighted by molar-refractivity contribution is 0.0927. The van der Waals surface area contributed by atoms with Crippen LogP contribution in [0.25, 0.3) is 0 Å². The van der Waals surface area contributed by atoms with Gasteiger partial charge in [0.15, 0.2) is 5.78 Å². The number of nitrogens with zero attached hydrogens (tertiary/aromatic N) is 1. The van der Waals surface area contributed by atoms with Crippen LogP contribution in [-0.4, -0.2) is 37.4 Å². The molecule has 1 aliphatic heterocycles. The van der Waals surface area contributed by atoms with Crippen molar-refractivity contribution in [3.63, 3.8) is 0 Å². The van der Waals surface area contributed by atoms with Gasteiger partial charge in [0.2, 0.25) is 0 Å². The summed E-state index contributed by atoms with van der Waals surface area (Å²) in [4.78, 5) is 14.6. The van der Waals surface area contributed by atoms with E-state index in [0.29, 0.717) is 23.3 Å². The van der Waals surface area contributed by atoms with Gasteiger partial charge >= 0.3 is 0 Å². The van der Waals surface area contributed by atoms with Crippen molar-refractivity contribution in [3.05, 3.63) is 29.6 Å². The van der Waals surface area contributed by atoms with Gasteiger partial charge in [-0.1, -0.05) is 13.8 Å². The second-order valence-electron chi connectivity index (χ2n) is 6.56. The Bertz CT molecular complexity index is 514. The predicted molar refractivity (Wildman–Crippen MR) is 81.4 cm³/mol. The molecular formula is C17H24FNO2. The van der Waals surface area contributed by atoms with E-state index >= 15 is 0 Å². The largest absolute Gasteiger partial charge is 0.496 e. The first kappa shape index (κ1) is 16.0. The quantitative estimate of drug-likeness (QED) is 0.795. The first-order chi connectivity index (χ1) is 9.91. The Morgan fingerprint density at radius 2 is 2.10 bits per heavy atom. The Morgan fingerprint density at radius 1 is 1.33 bits per heavy atom. The molecule has 0 aliphatic carbocycles. The summed E-state index contributed by atoms with van der Waals surface area (Å²) in [6.45, 7) is 6.71. The number of hydrogen-bond donors (Lipinski definition) is 0. The lowest BCUT2D eigenvalue weighted by Gasteiger charge is -2.23. The number of Topliss-reactive ketones (excluding diaryl/α,β-unsaturated/α-hetero) is 1. The molecule has 0 aromatic heterocycles. The highest BCUT2D eigenvalue weighted by Gasteiger charge is 2.25. The van der Waals surface area contributed by atoms with E-state index in [0.717, 1.165) is 25.9 Å². The van der Waals surface area contributed by atoms with Crippen LogP contribution in [0, 0.1) is 11.2 Å². The van der Waals surface area contributed by atoms with Crippen LogP contribution in [0.5, 0.6) is 5.75 Å². The highest BCUT2D eigenvalue weighted by Crippen LogP contribution is 2.30. The molecule has 0 saturated carbocycles. The van der Waals surface area contributed by atoms with E-state index in [4.69, 9.17) is 4.74 Å². The SMILES string of the molecule is COc1ccc(F)cc1C(=O)CN1CCCC(C)(C)CC1. The number of methoxy groups -OCH3 is 1. The summed E-state index contributed by atoms with van der Waals surface area (Å²) >= 11 is 0. The highest BCUT2D eigenvalue weighted by atomic mass is 19.1. The van der Waals surface area contributed by atoms with Crippen molar-refractivity contribution < 1.29 is 13.9 Å². The molecular weight excluding hydrogens is 269 g/mol. The molecule has 0 unspecified atom stereocenters. The van der Waals surface area contributed by atoms with Gasteiger partial charge in [0, 0.05) is 0 Å². The number of benzene rings is 1. The summed E-state index contributed by atoms with van der Waals surface area (Å²) in [7, 11) is 1.50. The van der Waals surface area contributed by atoms with Gasteiger partial charge in [-0.15, -0.1) is 0 Å². The average molecular weight is 293 g/mol. The first-order valence-corrected chi connectivity index (χ1v) is 7.50. The fourth-order valence-electron chi connectivity index (χ4n) is 2.82. The van der Waals surface area contributed by atoms with Crippen LogP contribution in [0.1, 0.15) is 43.5 Å². The number of carbonyl (C=O) groups is 1. The van der Waals surface area contributed by atoms with Gasteiger partial charge < -0.3 is 4.74 Å². The Balaban J connectivity index is 2.06. The molecule has 116 valence electrons. The van der Waals surface area contributed by atoms with Crippen molar-refractivity contribution in [1.82, 2.24) is 4.90 Å². The molecule has 2 rings (SSSR count). The van der Waals surface area contributed by atoms with Crippen LogP contribution < -0.4 is 4.74 Å². The molecule has 4 heteroatoms. The standard InChI is InChI=1S/C17H24FNO2/c1-17(2)7-4-9-19(10-8-17)12-15(20)14-11-13(18)5-6-16(14)21-3/h5-6,11H,4,7-10,12H2,1-3H3. The van der Waals surface area contributed by atoms with E-state index in [2.05, 4.69) is 18.7 Å². The fraction of sp³-hybridized carbons (Fsp3) is 0.588. The normalized spacial score (nSPS) is 19.0. The molecule has 1 aliphatic rings. The molecule has 0 atom stereocenters.